The SMILES string of the molecule is CCC(=O)c1cnn2cc(CN(C)C)ccc12. The maximum Gasteiger partial charge on any atom is 0.166 e. The van der Waals surface area contributed by atoms with Gasteiger partial charge in [-0.15, -0.1) is 0 Å². The monoisotopic (exact) mass is 231 g/mol. The number of nitrogens with zero attached hydrogens (tertiary/aromatic N) is 3. The van der Waals surface area contributed by atoms with Gasteiger partial charge in [-0.1, -0.05) is 13.0 Å². The lowest BCUT2D eigenvalue weighted by Gasteiger charge is -2.09. The Labute approximate surface area is 101 Å². The Balaban J connectivity index is 2.41. The maximum atomic E-state index is 11.7. The number of Topliss-reactive ketones (excluding diaryl/α,β-unsaturated/α-hetero) is 1. The first-order valence-corrected chi connectivity index (χ1v) is 5.76. The highest BCUT2D eigenvalue weighted by Crippen LogP contribution is 2.14. The van der Waals surface area contributed by atoms with Gasteiger partial charge in [0.05, 0.1) is 17.3 Å². The third kappa shape index (κ3) is 2.36. The van der Waals surface area contributed by atoms with Crippen LogP contribution in [0, 0.1) is 0 Å². The van der Waals surface area contributed by atoms with Gasteiger partial charge in [0.1, 0.15) is 0 Å². The number of pyridine rings is 1. The molecule has 0 aromatic carbocycles. The van der Waals surface area contributed by atoms with Gasteiger partial charge in [-0.05, 0) is 25.7 Å². The van der Waals surface area contributed by atoms with Crippen LogP contribution in [0.1, 0.15) is 29.3 Å². The summed E-state index contributed by atoms with van der Waals surface area (Å²) in [6.45, 7) is 2.74. The predicted octanol–water partition coefficient (Wildman–Crippen LogP) is 1.99. The van der Waals surface area contributed by atoms with Gasteiger partial charge in [-0.3, -0.25) is 4.79 Å². The molecule has 2 aromatic rings. The van der Waals surface area contributed by atoms with Crippen molar-refractivity contribution in [3.63, 3.8) is 0 Å². The zero-order chi connectivity index (χ0) is 12.4. The first-order valence-electron chi connectivity index (χ1n) is 5.76. The number of hydrogen-bond acceptors (Lipinski definition) is 3. The molecule has 0 saturated heterocycles. The number of ketones is 1. The summed E-state index contributed by atoms with van der Waals surface area (Å²) >= 11 is 0. The van der Waals surface area contributed by atoms with E-state index in [1.807, 2.05) is 39.3 Å². The molecule has 2 aromatic heterocycles. The van der Waals surface area contributed by atoms with E-state index in [9.17, 15) is 4.79 Å². The van der Waals surface area contributed by atoms with Gasteiger partial charge in [0, 0.05) is 19.2 Å². The second kappa shape index (κ2) is 4.67. The van der Waals surface area contributed by atoms with E-state index in [2.05, 4.69) is 10.00 Å². The lowest BCUT2D eigenvalue weighted by atomic mass is 10.1. The van der Waals surface area contributed by atoms with E-state index in [0.29, 0.717) is 12.0 Å². The molecule has 0 spiro atoms. The van der Waals surface area contributed by atoms with Crippen molar-refractivity contribution < 1.29 is 4.79 Å². The van der Waals surface area contributed by atoms with Gasteiger partial charge < -0.3 is 4.90 Å². The Morgan fingerprint density at radius 3 is 2.82 bits per heavy atom. The fraction of sp³-hybridized carbons (Fsp3) is 0.385. The first kappa shape index (κ1) is 11.8. The van der Waals surface area contributed by atoms with Crippen molar-refractivity contribution in [2.45, 2.75) is 19.9 Å². The number of fused-ring (bicyclic) bond motifs is 1. The molecule has 2 heterocycles. The number of carbonyl (C=O) groups excluding carboxylic acids is 1. The summed E-state index contributed by atoms with van der Waals surface area (Å²) in [7, 11) is 4.05. The second-order valence-electron chi connectivity index (χ2n) is 4.44. The molecule has 4 nitrogen and oxygen atoms in total. The molecule has 0 unspecified atom stereocenters. The smallest absolute Gasteiger partial charge is 0.166 e. The summed E-state index contributed by atoms with van der Waals surface area (Å²) in [4.78, 5) is 13.8. The van der Waals surface area contributed by atoms with Crippen molar-refractivity contribution >= 4 is 11.3 Å². The van der Waals surface area contributed by atoms with Gasteiger partial charge in [0.2, 0.25) is 0 Å². The van der Waals surface area contributed by atoms with Crippen LogP contribution < -0.4 is 0 Å². The fourth-order valence-corrected chi connectivity index (χ4v) is 1.89. The van der Waals surface area contributed by atoms with E-state index in [1.54, 1.807) is 10.7 Å². The summed E-state index contributed by atoms with van der Waals surface area (Å²) in [6.07, 6.45) is 4.14. The van der Waals surface area contributed by atoms with Crippen LogP contribution in [0.25, 0.3) is 5.52 Å². The molecular formula is C13H17N3O. The molecule has 0 atom stereocenters. The molecule has 0 aliphatic carbocycles. The fourth-order valence-electron chi connectivity index (χ4n) is 1.89. The molecule has 4 heteroatoms. The van der Waals surface area contributed by atoms with E-state index >= 15 is 0 Å². The molecule has 0 aliphatic rings. The molecule has 0 fully saturated rings. The van der Waals surface area contributed by atoms with Crippen molar-refractivity contribution in [3.8, 4) is 0 Å². The van der Waals surface area contributed by atoms with Crippen LogP contribution in [0.15, 0.2) is 24.5 Å². The molecule has 17 heavy (non-hydrogen) atoms. The standard InChI is InChI=1S/C13H17N3O/c1-4-13(17)11-7-14-16-9-10(8-15(2)3)5-6-12(11)16/h5-7,9H,4,8H2,1-3H3. The van der Waals surface area contributed by atoms with Crippen molar-refractivity contribution in [3.05, 3.63) is 35.7 Å². The lowest BCUT2D eigenvalue weighted by Crippen LogP contribution is -2.11. The zero-order valence-electron chi connectivity index (χ0n) is 10.5. The van der Waals surface area contributed by atoms with Crippen LogP contribution >= 0.6 is 0 Å². The van der Waals surface area contributed by atoms with E-state index in [0.717, 1.165) is 12.1 Å². The largest absolute Gasteiger partial charge is 0.305 e. The summed E-state index contributed by atoms with van der Waals surface area (Å²) in [6, 6.07) is 4.01. The predicted molar refractivity (Wildman–Crippen MR) is 67.2 cm³/mol. The minimum atomic E-state index is 0.139. The van der Waals surface area contributed by atoms with Gasteiger partial charge in [0.25, 0.3) is 0 Å². The van der Waals surface area contributed by atoms with Crippen molar-refractivity contribution in [2.24, 2.45) is 0 Å². The average molecular weight is 231 g/mol. The maximum absolute atomic E-state index is 11.7. The summed E-state index contributed by atoms with van der Waals surface area (Å²) in [5.41, 5.74) is 2.78. The van der Waals surface area contributed by atoms with E-state index in [1.165, 1.54) is 5.56 Å². The molecule has 90 valence electrons. The molecule has 0 amide bonds. The molecule has 0 aliphatic heterocycles. The third-order valence-electron chi connectivity index (χ3n) is 2.70. The molecule has 2 rings (SSSR count). The van der Waals surface area contributed by atoms with E-state index in [4.69, 9.17) is 0 Å². The number of carbonyl (C=O) groups is 1. The molecular weight excluding hydrogens is 214 g/mol. The molecule has 0 N–H and O–H groups in total. The summed E-state index contributed by atoms with van der Waals surface area (Å²) in [5, 5.41) is 4.23. The zero-order valence-corrected chi connectivity index (χ0v) is 10.5. The van der Waals surface area contributed by atoms with Crippen LogP contribution in [-0.2, 0) is 6.54 Å². The summed E-state index contributed by atoms with van der Waals surface area (Å²) < 4.78 is 1.78. The molecule has 0 radical (unpaired) electrons. The Bertz CT molecular complexity index is 543. The van der Waals surface area contributed by atoms with E-state index in [-0.39, 0.29) is 5.78 Å². The number of rotatable bonds is 4. The van der Waals surface area contributed by atoms with Crippen molar-refractivity contribution in [1.82, 2.24) is 14.5 Å². The van der Waals surface area contributed by atoms with Gasteiger partial charge in [0.15, 0.2) is 5.78 Å². The number of aromatic nitrogens is 2. The van der Waals surface area contributed by atoms with Crippen LogP contribution in [0.3, 0.4) is 0 Å². The van der Waals surface area contributed by atoms with Crippen molar-refractivity contribution in [1.29, 1.82) is 0 Å². The van der Waals surface area contributed by atoms with E-state index < -0.39 is 0 Å². The lowest BCUT2D eigenvalue weighted by molar-refractivity contribution is 0.0989. The Morgan fingerprint density at radius 2 is 2.18 bits per heavy atom. The Kier molecular flexibility index (Phi) is 3.24. The average Bonchev–Trinajstić information content (AvgIpc) is 2.70. The number of hydrogen-bond donors (Lipinski definition) is 0. The highest BCUT2D eigenvalue weighted by molar-refractivity contribution is 6.01. The minimum Gasteiger partial charge on any atom is -0.305 e. The topological polar surface area (TPSA) is 37.6 Å². The van der Waals surface area contributed by atoms with Gasteiger partial charge >= 0.3 is 0 Å². The quantitative estimate of drug-likeness (QED) is 0.755. The van der Waals surface area contributed by atoms with Crippen LogP contribution in [0.2, 0.25) is 0 Å². The third-order valence-corrected chi connectivity index (χ3v) is 2.70. The van der Waals surface area contributed by atoms with Crippen LogP contribution in [0.5, 0.6) is 0 Å². The normalized spacial score (nSPS) is 11.3. The molecule has 0 saturated carbocycles. The van der Waals surface area contributed by atoms with Crippen LogP contribution in [-0.4, -0.2) is 34.4 Å². The second-order valence-corrected chi connectivity index (χ2v) is 4.44. The Hall–Kier alpha value is -1.68. The Morgan fingerprint density at radius 1 is 1.41 bits per heavy atom. The van der Waals surface area contributed by atoms with Gasteiger partial charge in [-0.25, -0.2) is 4.52 Å². The highest BCUT2D eigenvalue weighted by atomic mass is 16.1. The van der Waals surface area contributed by atoms with Crippen molar-refractivity contribution in [2.75, 3.05) is 14.1 Å². The minimum absolute atomic E-state index is 0.139. The highest BCUT2D eigenvalue weighted by Gasteiger charge is 2.10. The molecule has 0 bridgehead atoms. The summed E-state index contributed by atoms with van der Waals surface area (Å²) in [5.74, 6) is 0.139. The van der Waals surface area contributed by atoms with Gasteiger partial charge in [-0.2, -0.15) is 5.10 Å². The van der Waals surface area contributed by atoms with Crippen LogP contribution in [0.4, 0.5) is 0 Å². The first-order chi connectivity index (χ1) is 8.11.